The van der Waals surface area contributed by atoms with Gasteiger partial charge in [-0.3, -0.25) is 9.36 Å². The lowest BCUT2D eigenvalue weighted by Gasteiger charge is -2.24. The summed E-state index contributed by atoms with van der Waals surface area (Å²) in [6.07, 6.45) is 3.58. The van der Waals surface area contributed by atoms with Crippen LogP contribution in [0.25, 0.3) is 6.08 Å². The Bertz CT molecular complexity index is 1600. The number of aliphatic carboxylic acids is 1. The highest BCUT2D eigenvalue weighted by atomic mass is 35.5. The normalized spacial score (nSPS) is 15.2. The van der Waals surface area contributed by atoms with Crippen LogP contribution in [0.2, 0.25) is 10.0 Å². The summed E-state index contributed by atoms with van der Waals surface area (Å²) in [6, 6.07) is 9.98. The van der Waals surface area contributed by atoms with Crippen LogP contribution in [0.4, 0.5) is 0 Å². The number of hydrogen-bond acceptors (Lipinski definition) is 8. The van der Waals surface area contributed by atoms with Crippen molar-refractivity contribution in [3.05, 3.63) is 88.5 Å². The van der Waals surface area contributed by atoms with E-state index in [9.17, 15) is 14.4 Å². The number of thioether (sulfide) groups is 1. The van der Waals surface area contributed by atoms with Crippen LogP contribution in [-0.4, -0.2) is 41.1 Å². The Morgan fingerprint density at radius 1 is 1.21 bits per heavy atom. The van der Waals surface area contributed by atoms with E-state index >= 15 is 0 Å². The van der Waals surface area contributed by atoms with E-state index in [-0.39, 0.29) is 28.0 Å². The van der Waals surface area contributed by atoms with Crippen LogP contribution in [0, 0.1) is 0 Å². The molecule has 1 aliphatic heterocycles. The van der Waals surface area contributed by atoms with Gasteiger partial charge in [0.1, 0.15) is 0 Å². The number of rotatable bonds is 8. The number of carboxylic acids is 1. The minimum Gasteiger partial charge on any atom is -0.479 e. The maximum Gasteiger partial charge on any atom is 0.341 e. The predicted octanol–water partition coefficient (Wildman–Crippen LogP) is 4.29. The molecule has 198 valence electrons. The number of aromatic nitrogens is 1. The van der Waals surface area contributed by atoms with Crippen LogP contribution < -0.4 is 19.6 Å². The van der Waals surface area contributed by atoms with Gasteiger partial charge in [-0.05, 0) is 61.6 Å². The Balaban J connectivity index is 1.86. The molecule has 0 unspecified atom stereocenters. The summed E-state index contributed by atoms with van der Waals surface area (Å²) in [7, 11) is 0. The van der Waals surface area contributed by atoms with Crippen LogP contribution in [0.15, 0.2) is 62.4 Å². The number of allylic oxidation sites excluding steroid dienone is 1. The molecule has 0 spiro atoms. The monoisotopic (exact) mass is 592 g/mol. The Morgan fingerprint density at radius 2 is 1.87 bits per heavy atom. The van der Waals surface area contributed by atoms with Crippen molar-refractivity contribution >= 4 is 64.3 Å². The lowest BCUT2D eigenvalue weighted by atomic mass is 9.96. The van der Waals surface area contributed by atoms with Gasteiger partial charge in [-0.15, -0.1) is 11.8 Å². The van der Waals surface area contributed by atoms with Gasteiger partial charge in [-0.2, -0.15) is 0 Å². The summed E-state index contributed by atoms with van der Waals surface area (Å²) >= 11 is 15.3. The van der Waals surface area contributed by atoms with E-state index in [1.165, 1.54) is 28.0 Å². The van der Waals surface area contributed by atoms with Crippen LogP contribution in [0.5, 0.6) is 5.75 Å². The molecule has 0 bridgehead atoms. The lowest BCUT2D eigenvalue weighted by Crippen LogP contribution is -2.39. The van der Waals surface area contributed by atoms with Gasteiger partial charge in [0.15, 0.2) is 17.2 Å². The number of carbonyl (C=O) groups is 2. The molecule has 0 saturated carbocycles. The van der Waals surface area contributed by atoms with Gasteiger partial charge in [0, 0.05) is 4.90 Å². The molecule has 8 nitrogen and oxygen atoms in total. The highest BCUT2D eigenvalue weighted by Crippen LogP contribution is 2.35. The molecule has 0 radical (unpaired) electrons. The summed E-state index contributed by atoms with van der Waals surface area (Å²) in [6.45, 7) is 3.03. The maximum absolute atomic E-state index is 13.7. The Morgan fingerprint density at radius 3 is 2.45 bits per heavy atom. The van der Waals surface area contributed by atoms with Gasteiger partial charge in [0.2, 0.25) is 0 Å². The van der Waals surface area contributed by atoms with Gasteiger partial charge >= 0.3 is 11.9 Å². The van der Waals surface area contributed by atoms with Crippen molar-refractivity contribution in [2.75, 3.05) is 19.5 Å². The van der Waals surface area contributed by atoms with Crippen LogP contribution in [-0.2, 0) is 14.3 Å². The highest BCUT2D eigenvalue weighted by molar-refractivity contribution is 7.98. The maximum atomic E-state index is 13.7. The predicted molar refractivity (Wildman–Crippen MR) is 148 cm³/mol. The largest absolute Gasteiger partial charge is 0.479 e. The smallest absolute Gasteiger partial charge is 0.341 e. The summed E-state index contributed by atoms with van der Waals surface area (Å²) < 4.78 is 12.3. The number of carbonyl (C=O) groups excluding carboxylic acids is 1. The third kappa shape index (κ3) is 5.68. The molecule has 0 aliphatic carbocycles. The van der Waals surface area contributed by atoms with Gasteiger partial charge in [-0.1, -0.05) is 46.7 Å². The van der Waals surface area contributed by atoms with Crippen molar-refractivity contribution in [1.82, 2.24) is 4.57 Å². The number of nitrogens with zero attached hydrogens (tertiary/aromatic N) is 2. The highest BCUT2D eigenvalue weighted by Gasteiger charge is 2.33. The fourth-order valence-corrected chi connectivity index (χ4v) is 6.05. The number of carboxylic acid groups (broad SMARTS) is 1. The molecule has 4 rings (SSSR count). The average Bonchev–Trinajstić information content (AvgIpc) is 3.16. The molecule has 0 saturated heterocycles. The molecular formula is C26H22Cl2N2O6S2. The lowest BCUT2D eigenvalue weighted by molar-refractivity contribution is -0.140. The first-order valence-corrected chi connectivity index (χ1v) is 14.1. The van der Waals surface area contributed by atoms with E-state index in [0.29, 0.717) is 26.2 Å². The van der Waals surface area contributed by atoms with E-state index in [2.05, 4.69) is 4.99 Å². The molecule has 12 heteroatoms. The fourth-order valence-electron chi connectivity index (χ4n) is 3.98. The van der Waals surface area contributed by atoms with Crippen molar-refractivity contribution in [3.8, 4) is 5.75 Å². The van der Waals surface area contributed by atoms with Crippen molar-refractivity contribution in [3.63, 3.8) is 0 Å². The van der Waals surface area contributed by atoms with Gasteiger partial charge in [-0.25, -0.2) is 14.6 Å². The summed E-state index contributed by atoms with van der Waals surface area (Å²) in [5.41, 5.74) is 1.68. The number of thiazole rings is 1. The number of benzene rings is 2. The summed E-state index contributed by atoms with van der Waals surface area (Å²) in [5.74, 6) is -1.66. The summed E-state index contributed by atoms with van der Waals surface area (Å²) in [4.78, 5) is 43.6. The van der Waals surface area contributed by atoms with E-state index in [4.69, 9.17) is 37.8 Å². The Labute approximate surface area is 235 Å². The van der Waals surface area contributed by atoms with E-state index in [1.807, 2.05) is 30.5 Å². The first kappa shape index (κ1) is 28.0. The zero-order valence-corrected chi connectivity index (χ0v) is 23.6. The minimum atomic E-state index is -1.17. The van der Waals surface area contributed by atoms with Crippen LogP contribution >= 0.6 is 46.3 Å². The van der Waals surface area contributed by atoms with Crippen molar-refractivity contribution in [2.24, 2.45) is 4.99 Å². The van der Waals surface area contributed by atoms with Gasteiger partial charge in [0.25, 0.3) is 5.56 Å². The molecule has 2 heterocycles. The quantitative estimate of drug-likeness (QED) is 0.307. The molecule has 1 aliphatic rings. The molecule has 1 atom stereocenters. The molecule has 0 amide bonds. The van der Waals surface area contributed by atoms with Crippen LogP contribution in [0.1, 0.15) is 31.0 Å². The molecule has 3 aromatic rings. The minimum absolute atomic E-state index is 0.0396. The topological polar surface area (TPSA) is 107 Å². The molecule has 1 aromatic heterocycles. The standard InChI is InChI=1S/C26H22Cl2N2O6S2/c1-4-35-25(34)21-13(2)29-26-30(22(21)15-5-7-16(37-3)8-6-15)24(33)19(38-26)11-14-9-17(27)23(18(28)10-14)36-12-20(31)32/h5-11,22H,4,12H2,1-3H3,(H,31,32)/b19-11-/t22-/m1/s1. The number of fused-ring (bicyclic) bond motifs is 1. The van der Waals surface area contributed by atoms with Gasteiger partial charge < -0.3 is 14.6 Å². The second kappa shape index (κ2) is 11.8. The molecule has 1 N–H and O–H groups in total. The van der Waals surface area contributed by atoms with Crippen LogP contribution in [0.3, 0.4) is 0 Å². The van der Waals surface area contributed by atoms with Crippen molar-refractivity contribution in [1.29, 1.82) is 0 Å². The number of halogens is 2. The zero-order valence-electron chi connectivity index (χ0n) is 20.5. The van der Waals surface area contributed by atoms with E-state index < -0.39 is 24.6 Å². The molecule has 38 heavy (non-hydrogen) atoms. The Kier molecular flexibility index (Phi) is 8.67. The third-order valence-electron chi connectivity index (χ3n) is 5.61. The SMILES string of the molecule is CCOC(=O)C1=C(C)N=c2s/c(=C\c3cc(Cl)c(OCC(=O)O)c(Cl)c3)c(=O)n2[C@@H]1c1ccc(SC)cc1. The second-order valence-corrected chi connectivity index (χ2v) is 10.8. The molecule has 0 fully saturated rings. The zero-order chi connectivity index (χ0) is 27.6. The van der Waals surface area contributed by atoms with Crippen molar-refractivity contribution < 1.29 is 24.2 Å². The first-order chi connectivity index (χ1) is 18.1. The third-order valence-corrected chi connectivity index (χ3v) is 7.89. The molecule has 2 aromatic carbocycles. The Hall–Kier alpha value is -3.05. The van der Waals surface area contributed by atoms with Crippen molar-refractivity contribution in [2.45, 2.75) is 24.8 Å². The van der Waals surface area contributed by atoms with E-state index in [0.717, 1.165) is 10.5 Å². The molecular weight excluding hydrogens is 571 g/mol. The number of ether oxygens (including phenoxy) is 2. The van der Waals surface area contributed by atoms with Gasteiger partial charge in [0.05, 0.1) is 38.5 Å². The second-order valence-electron chi connectivity index (χ2n) is 8.07. The van der Waals surface area contributed by atoms with E-state index in [1.54, 1.807) is 31.7 Å². The fraction of sp³-hybridized carbons (Fsp3) is 0.231. The average molecular weight is 594 g/mol. The summed E-state index contributed by atoms with van der Waals surface area (Å²) in [5, 5.41) is 9.06. The first-order valence-electron chi connectivity index (χ1n) is 11.3. The number of esters is 1. The number of hydrogen-bond donors (Lipinski definition) is 1.